The summed E-state index contributed by atoms with van der Waals surface area (Å²) in [5.74, 6) is 0.579. The zero-order chi connectivity index (χ0) is 31.2. The molecular weight excluding hydrogens is 588 g/mol. The average molecular weight is 619 g/mol. The van der Waals surface area contributed by atoms with Crippen molar-refractivity contribution in [3.8, 4) is 17.1 Å². The van der Waals surface area contributed by atoms with Gasteiger partial charge in [-0.2, -0.15) is 13.2 Å². The van der Waals surface area contributed by atoms with Gasteiger partial charge in [-0.3, -0.25) is 4.79 Å². The monoisotopic (exact) mass is 618 g/mol. The zero-order valence-corrected chi connectivity index (χ0v) is 24.6. The Bertz CT molecular complexity index is 1980. The molecule has 0 spiro atoms. The number of benzene rings is 1. The summed E-state index contributed by atoms with van der Waals surface area (Å²) in [5.41, 5.74) is 1.53. The number of anilines is 1. The van der Waals surface area contributed by atoms with Crippen LogP contribution in [0.2, 0.25) is 0 Å². The molecule has 4 aliphatic rings. The van der Waals surface area contributed by atoms with Crippen LogP contribution in [0.1, 0.15) is 37.4 Å². The highest BCUT2D eigenvalue weighted by Crippen LogP contribution is 2.64. The number of aromatic nitrogens is 5. The zero-order valence-electron chi connectivity index (χ0n) is 24.6. The van der Waals surface area contributed by atoms with Crippen molar-refractivity contribution in [1.82, 2.24) is 24.1 Å². The number of pyridine rings is 1. The number of alkyl halides is 3. The molecule has 6 atom stereocenters. The molecule has 8 nitrogen and oxygen atoms in total. The lowest BCUT2D eigenvalue weighted by Crippen LogP contribution is -2.53. The topological polar surface area (TPSA) is 86.3 Å². The van der Waals surface area contributed by atoms with Gasteiger partial charge >= 0.3 is 12.1 Å². The third-order valence-electron chi connectivity index (χ3n) is 10.0. The number of halogens is 4. The number of hydrogen-bond acceptors (Lipinski definition) is 6. The molecule has 45 heavy (non-hydrogen) atoms. The van der Waals surface area contributed by atoms with E-state index in [1.165, 1.54) is 18.2 Å². The van der Waals surface area contributed by atoms with Crippen molar-refractivity contribution in [2.75, 3.05) is 11.9 Å². The molecule has 4 aliphatic carbocycles. The fourth-order valence-electron chi connectivity index (χ4n) is 8.11. The van der Waals surface area contributed by atoms with E-state index in [1.807, 2.05) is 0 Å². The van der Waals surface area contributed by atoms with Gasteiger partial charge in [0.2, 0.25) is 0 Å². The van der Waals surface area contributed by atoms with Gasteiger partial charge in [-0.25, -0.2) is 18.9 Å². The number of fused-ring (bicyclic) bond motifs is 4. The molecule has 12 heteroatoms. The second-order valence-electron chi connectivity index (χ2n) is 12.4. The molecule has 5 aromatic rings. The van der Waals surface area contributed by atoms with Crippen molar-refractivity contribution in [2.45, 2.75) is 45.3 Å². The maximum atomic E-state index is 14.3. The Morgan fingerprint density at radius 2 is 1.89 bits per heavy atom. The van der Waals surface area contributed by atoms with Gasteiger partial charge in [-0.05, 0) is 105 Å². The van der Waals surface area contributed by atoms with Crippen molar-refractivity contribution in [3.05, 3.63) is 71.9 Å². The molecular formula is C33H30F4N6O2. The number of nitrogens with one attached hydrogen (secondary N) is 1. The van der Waals surface area contributed by atoms with Crippen molar-refractivity contribution >= 4 is 28.3 Å². The Kier molecular flexibility index (Phi) is 6.24. The van der Waals surface area contributed by atoms with Crippen molar-refractivity contribution in [1.29, 1.82) is 0 Å². The third-order valence-corrected chi connectivity index (χ3v) is 10.0. The summed E-state index contributed by atoms with van der Waals surface area (Å²) in [6.07, 6.45) is 1.61. The lowest BCUT2D eigenvalue weighted by atomic mass is 9.61. The van der Waals surface area contributed by atoms with Crippen LogP contribution in [0.5, 0.6) is 0 Å². The Balaban J connectivity index is 1.30. The molecule has 9 rings (SSSR count). The molecule has 1 aromatic carbocycles. The molecule has 0 aliphatic heterocycles. The van der Waals surface area contributed by atoms with Crippen LogP contribution in [0, 0.1) is 42.3 Å². The van der Waals surface area contributed by atoms with Gasteiger partial charge in [0.05, 0.1) is 18.2 Å². The maximum Gasteiger partial charge on any atom is 0.433 e. The van der Waals surface area contributed by atoms with E-state index in [-0.39, 0.29) is 53.4 Å². The molecule has 1 N–H and O–H groups in total. The Morgan fingerprint density at radius 3 is 2.67 bits per heavy atom. The van der Waals surface area contributed by atoms with Gasteiger partial charge in [-0.1, -0.05) is 0 Å². The number of ether oxygens (including phenoxy) is 1. The highest BCUT2D eigenvalue weighted by atomic mass is 19.4. The first-order valence-corrected chi connectivity index (χ1v) is 15.3. The number of carbonyl (C=O) groups excluding carboxylic acids is 1. The molecule has 4 heterocycles. The summed E-state index contributed by atoms with van der Waals surface area (Å²) in [7, 11) is 0. The number of rotatable bonds is 6. The lowest BCUT2D eigenvalue weighted by Gasteiger charge is -2.47. The molecule has 232 valence electrons. The molecule has 4 aromatic heterocycles. The second kappa shape index (κ2) is 10.0. The van der Waals surface area contributed by atoms with Crippen molar-refractivity contribution in [2.24, 2.45) is 29.6 Å². The summed E-state index contributed by atoms with van der Waals surface area (Å²) in [6.45, 7) is 3.81. The van der Waals surface area contributed by atoms with E-state index in [0.717, 1.165) is 29.8 Å². The molecule has 0 amide bonds. The largest absolute Gasteiger partial charge is 0.466 e. The quantitative estimate of drug-likeness (QED) is 0.166. The van der Waals surface area contributed by atoms with Gasteiger partial charge < -0.3 is 14.6 Å². The van der Waals surface area contributed by atoms with Gasteiger partial charge in [0.15, 0.2) is 11.6 Å². The first kappa shape index (κ1) is 28.0. The van der Waals surface area contributed by atoms with Gasteiger partial charge in [0.1, 0.15) is 22.7 Å². The normalized spacial score (nSPS) is 25.5. The number of aryl methyl sites for hydroxylation is 1. The van der Waals surface area contributed by atoms with E-state index in [2.05, 4.69) is 15.4 Å². The molecule has 0 radical (unpaired) electrons. The van der Waals surface area contributed by atoms with Crippen LogP contribution in [0.4, 0.5) is 23.4 Å². The van der Waals surface area contributed by atoms with E-state index in [1.54, 1.807) is 49.0 Å². The van der Waals surface area contributed by atoms with E-state index in [0.29, 0.717) is 39.7 Å². The Morgan fingerprint density at radius 1 is 1.09 bits per heavy atom. The minimum Gasteiger partial charge on any atom is -0.466 e. The second-order valence-corrected chi connectivity index (χ2v) is 12.4. The van der Waals surface area contributed by atoms with Crippen LogP contribution < -0.4 is 5.32 Å². The molecule has 4 fully saturated rings. The molecule has 0 saturated heterocycles. The van der Waals surface area contributed by atoms with E-state index in [9.17, 15) is 22.4 Å². The van der Waals surface area contributed by atoms with E-state index < -0.39 is 17.8 Å². The van der Waals surface area contributed by atoms with Crippen LogP contribution in [0.25, 0.3) is 33.6 Å². The summed E-state index contributed by atoms with van der Waals surface area (Å²) >= 11 is 0. The highest BCUT2D eigenvalue weighted by Gasteiger charge is 2.63. The number of nitrogens with zero attached hydrogens (tertiary/aromatic N) is 5. The summed E-state index contributed by atoms with van der Waals surface area (Å²) < 4.78 is 64.9. The first-order chi connectivity index (χ1) is 21.6. The van der Waals surface area contributed by atoms with Crippen LogP contribution in [0.15, 0.2) is 54.9 Å². The standard InChI is InChI=1S/C33H30F4N6O2/c1-3-45-32(44)27-18-7-8-19(22-14-21(18)22)28(27)39-30-25-10-11-26(33(35,36)37)43(25)41-29(40-30)23-15-42(31-20(23)5-4-12-38-31)24-9-6-17(34)13-16(24)2/h4-6,9-13,15,18-19,21-22,27-28H,3,7-8,14H2,1-2H3,(H,39,40,41)/t18-,19+,21?,22?,27-,28-/m0/s1. The Labute approximate surface area is 255 Å². The van der Waals surface area contributed by atoms with Crippen LogP contribution >= 0.6 is 0 Å². The Hall–Kier alpha value is -4.48. The fourth-order valence-corrected chi connectivity index (χ4v) is 8.11. The summed E-state index contributed by atoms with van der Waals surface area (Å²) in [6, 6.07) is 9.96. The number of esters is 1. The highest BCUT2D eigenvalue weighted by molar-refractivity contribution is 5.94. The van der Waals surface area contributed by atoms with Crippen LogP contribution in [0.3, 0.4) is 0 Å². The SMILES string of the molecule is CCOC(=O)[C@@H]1[C@@H](Nc2nc(-c3cn(-c4ccc(F)cc4C)c4ncccc34)nn3c(C(F)(F)F)ccc23)[C@@H]2CC[C@H]1C1CC12. The van der Waals surface area contributed by atoms with E-state index in [4.69, 9.17) is 9.72 Å². The molecule has 2 bridgehead atoms. The molecule has 2 unspecified atom stereocenters. The smallest absolute Gasteiger partial charge is 0.433 e. The van der Waals surface area contributed by atoms with Gasteiger partial charge in [-0.15, -0.1) is 5.10 Å². The predicted octanol–water partition coefficient (Wildman–Crippen LogP) is 6.84. The van der Waals surface area contributed by atoms with Crippen LogP contribution in [-0.4, -0.2) is 42.8 Å². The predicted molar refractivity (Wildman–Crippen MR) is 158 cm³/mol. The van der Waals surface area contributed by atoms with Gasteiger partial charge in [0, 0.05) is 29.4 Å². The minimum atomic E-state index is -4.67. The maximum absolute atomic E-state index is 14.3. The summed E-state index contributed by atoms with van der Waals surface area (Å²) in [4.78, 5) is 22.7. The molecule has 4 saturated carbocycles. The van der Waals surface area contributed by atoms with Crippen molar-refractivity contribution < 1.29 is 27.1 Å². The van der Waals surface area contributed by atoms with Crippen LogP contribution in [-0.2, 0) is 15.7 Å². The minimum absolute atomic E-state index is 0.0566. The number of carbonyl (C=O) groups is 1. The summed E-state index contributed by atoms with van der Waals surface area (Å²) in [5, 5.41) is 8.52. The van der Waals surface area contributed by atoms with Gasteiger partial charge in [0.25, 0.3) is 0 Å². The fraction of sp³-hybridized carbons (Fsp3) is 0.394. The third kappa shape index (κ3) is 4.39. The van der Waals surface area contributed by atoms with E-state index >= 15 is 0 Å². The lowest BCUT2D eigenvalue weighted by molar-refractivity contribution is -0.155. The first-order valence-electron chi connectivity index (χ1n) is 15.3. The average Bonchev–Trinajstić information content (AvgIpc) is 3.57. The van der Waals surface area contributed by atoms with Crippen molar-refractivity contribution in [3.63, 3.8) is 0 Å². The number of hydrogen-bond donors (Lipinski definition) is 1.